The number of fused-ring (bicyclic) bond motifs is 1. The largest absolute Gasteiger partial charge is 0.374 e. The lowest BCUT2D eigenvalue weighted by Gasteiger charge is -2.18. The number of thioether (sulfide) groups is 1. The second kappa shape index (κ2) is 3.81. The van der Waals surface area contributed by atoms with Crippen LogP contribution in [-0.2, 0) is 0 Å². The molecule has 1 heterocycles. The van der Waals surface area contributed by atoms with Gasteiger partial charge in [0.05, 0.1) is 5.69 Å². The van der Waals surface area contributed by atoms with Crippen LogP contribution in [0.4, 0.5) is 5.69 Å². The second-order valence-electron chi connectivity index (χ2n) is 3.24. The Kier molecular flexibility index (Phi) is 2.70. The maximum Gasteiger partial charge on any atom is 0.0502 e. The predicted octanol–water partition coefficient (Wildman–Crippen LogP) is 3.27. The fourth-order valence-corrected chi connectivity index (χ4v) is 2.84. The summed E-state index contributed by atoms with van der Waals surface area (Å²) in [5, 5.41) is 0.835. The number of benzene rings is 1. The molecule has 0 atom stereocenters. The summed E-state index contributed by atoms with van der Waals surface area (Å²) in [4.78, 5) is 3.61. The molecular weight excluding hydrogens is 202 g/mol. The maximum absolute atomic E-state index is 5.95. The summed E-state index contributed by atoms with van der Waals surface area (Å²) in [6.45, 7) is 1.14. The Morgan fingerprint density at radius 1 is 1.46 bits per heavy atom. The molecule has 1 aromatic rings. The molecule has 0 spiro atoms. The molecule has 0 aromatic heterocycles. The third-order valence-corrected chi connectivity index (χ3v) is 3.59. The van der Waals surface area contributed by atoms with Gasteiger partial charge in [0.25, 0.3) is 0 Å². The van der Waals surface area contributed by atoms with E-state index in [1.54, 1.807) is 0 Å². The average molecular weight is 214 g/mol. The summed E-state index contributed by atoms with van der Waals surface area (Å²) in [6, 6.07) is 6.13. The first kappa shape index (κ1) is 9.22. The summed E-state index contributed by atoms with van der Waals surface area (Å²) >= 11 is 7.85. The SMILES string of the molecule is CN1CCCSc2cc(Cl)ccc21. The van der Waals surface area contributed by atoms with Crippen LogP contribution in [-0.4, -0.2) is 19.3 Å². The van der Waals surface area contributed by atoms with Crippen molar-refractivity contribution in [2.75, 3.05) is 24.2 Å². The lowest BCUT2D eigenvalue weighted by atomic mass is 10.3. The normalized spacial score (nSPS) is 16.6. The molecule has 0 radical (unpaired) electrons. The molecule has 0 bridgehead atoms. The van der Waals surface area contributed by atoms with Gasteiger partial charge in [-0.2, -0.15) is 0 Å². The van der Waals surface area contributed by atoms with Gasteiger partial charge in [-0.15, -0.1) is 11.8 Å². The summed E-state index contributed by atoms with van der Waals surface area (Å²) in [5.74, 6) is 1.19. The van der Waals surface area contributed by atoms with Gasteiger partial charge in [0, 0.05) is 23.5 Å². The van der Waals surface area contributed by atoms with Crippen molar-refractivity contribution in [3.05, 3.63) is 23.2 Å². The number of anilines is 1. The fraction of sp³-hybridized carbons (Fsp3) is 0.400. The minimum absolute atomic E-state index is 0.835. The van der Waals surface area contributed by atoms with Crippen LogP contribution in [0.5, 0.6) is 0 Å². The standard InChI is InChI=1S/C10H12ClNS/c1-12-5-2-6-13-10-7-8(11)3-4-9(10)12/h3-4,7H,2,5-6H2,1H3. The van der Waals surface area contributed by atoms with Gasteiger partial charge in [-0.1, -0.05) is 11.6 Å². The molecule has 0 aliphatic carbocycles. The first-order valence-corrected chi connectivity index (χ1v) is 5.77. The van der Waals surface area contributed by atoms with E-state index in [1.165, 1.54) is 22.8 Å². The van der Waals surface area contributed by atoms with Crippen molar-refractivity contribution in [1.29, 1.82) is 0 Å². The summed E-state index contributed by atoms with van der Waals surface area (Å²) in [6.07, 6.45) is 1.24. The highest BCUT2D eigenvalue weighted by atomic mass is 35.5. The lowest BCUT2D eigenvalue weighted by molar-refractivity contribution is 0.862. The molecule has 1 nitrogen and oxygen atoms in total. The van der Waals surface area contributed by atoms with E-state index >= 15 is 0 Å². The van der Waals surface area contributed by atoms with Gasteiger partial charge in [-0.3, -0.25) is 0 Å². The zero-order chi connectivity index (χ0) is 9.26. The number of rotatable bonds is 0. The fourth-order valence-electron chi connectivity index (χ4n) is 1.52. The smallest absolute Gasteiger partial charge is 0.0502 e. The van der Waals surface area contributed by atoms with Gasteiger partial charge in [-0.25, -0.2) is 0 Å². The number of hydrogen-bond acceptors (Lipinski definition) is 2. The minimum atomic E-state index is 0.835. The van der Waals surface area contributed by atoms with Crippen LogP contribution in [0.3, 0.4) is 0 Å². The Bertz CT molecular complexity index is 314. The molecule has 0 amide bonds. The molecule has 70 valence electrons. The highest BCUT2D eigenvalue weighted by Crippen LogP contribution is 2.34. The Morgan fingerprint density at radius 3 is 3.15 bits per heavy atom. The molecule has 0 saturated heterocycles. The zero-order valence-electron chi connectivity index (χ0n) is 7.59. The molecule has 1 aromatic carbocycles. The van der Waals surface area contributed by atoms with Crippen LogP contribution in [0.2, 0.25) is 5.02 Å². The van der Waals surface area contributed by atoms with Crippen molar-refractivity contribution in [3.63, 3.8) is 0 Å². The van der Waals surface area contributed by atoms with E-state index < -0.39 is 0 Å². The molecule has 0 saturated carbocycles. The van der Waals surface area contributed by atoms with Gasteiger partial charge >= 0.3 is 0 Å². The first-order chi connectivity index (χ1) is 6.27. The van der Waals surface area contributed by atoms with Crippen molar-refractivity contribution in [1.82, 2.24) is 0 Å². The topological polar surface area (TPSA) is 3.24 Å². The molecule has 0 fully saturated rings. The van der Waals surface area contributed by atoms with E-state index in [4.69, 9.17) is 11.6 Å². The van der Waals surface area contributed by atoms with Crippen LogP contribution >= 0.6 is 23.4 Å². The Morgan fingerprint density at radius 2 is 2.31 bits per heavy atom. The van der Waals surface area contributed by atoms with E-state index in [2.05, 4.69) is 24.1 Å². The van der Waals surface area contributed by atoms with Gasteiger partial charge in [0.15, 0.2) is 0 Å². The van der Waals surface area contributed by atoms with Crippen molar-refractivity contribution in [2.45, 2.75) is 11.3 Å². The van der Waals surface area contributed by atoms with E-state index in [1.807, 2.05) is 17.8 Å². The molecule has 2 rings (SSSR count). The first-order valence-electron chi connectivity index (χ1n) is 4.41. The molecule has 13 heavy (non-hydrogen) atoms. The third kappa shape index (κ3) is 1.94. The molecule has 3 heteroatoms. The van der Waals surface area contributed by atoms with Crippen molar-refractivity contribution >= 4 is 29.1 Å². The highest BCUT2D eigenvalue weighted by Gasteiger charge is 2.12. The van der Waals surface area contributed by atoms with Gasteiger partial charge in [0.1, 0.15) is 0 Å². The van der Waals surface area contributed by atoms with E-state index in [0.717, 1.165) is 11.6 Å². The molecular formula is C10H12ClNS. The zero-order valence-corrected chi connectivity index (χ0v) is 9.16. The van der Waals surface area contributed by atoms with Crippen LogP contribution in [0.15, 0.2) is 23.1 Å². The van der Waals surface area contributed by atoms with Gasteiger partial charge in [0.2, 0.25) is 0 Å². The van der Waals surface area contributed by atoms with E-state index in [-0.39, 0.29) is 0 Å². The van der Waals surface area contributed by atoms with Crippen molar-refractivity contribution in [2.24, 2.45) is 0 Å². The van der Waals surface area contributed by atoms with E-state index in [9.17, 15) is 0 Å². The molecule has 1 aliphatic heterocycles. The van der Waals surface area contributed by atoms with Crippen molar-refractivity contribution in [3.8, 4) is 0 Å². The monoisotopic (exact) mass is 213 g/mol. The Labute approximate surface area is 88.1 Å². The third-order valence-electron chi connectivity index (χ3n) is 2.23. The average Bonchev–Trinajstić information content (AvgIpc) is 2.28. The molecule has 1 aliphatic rings. The minimum Gasteiger partial charge on any atom is -0.374 e. The number of halogens is 1. The Hall–Kier alpha value is -0.340. The molecule has 0 unspecified atom stereocenters. The molecule has 0 N–H and O–H groups in total. The summed E-state index contributed by atoms with van der Waals surface area (Å²) < 4.78 is 0. The van der Waals surface area contributed by atoms with Gasteiger partial charge < -0.3 is 4.90 Å². The van der Waals surface area contributed by atoms with E-state index in [0.29, 0.717) is 0 Å². The van der Waals surface area contributed by atoms with Gasteiger partial charge in [-0.05, 0) is 30.4 Å². The Balaban J connectivity index is 2.42. The summed E-state index contributed by atoms with van der Waals surface area (Å²) in [5.41, 5.74) is 1.31. The van der Waals surface area contributed by atoms with Crippen molar-refractivity contribution < 1.29 is 0 Å². The number of nitrogens with zero attached hydrogens (tertiary/aromatic N) is 1. The second-order valence-corrected chi connectivity index (χ2v) is 4.81. The lowest BCUT2D eigenvalue weighted by Crippen LogP contribution is -2.17. The predicted molar refractivity (Wildman–Crippen MR) is 60.1 cm³/mol. The van der Waals surface area contributed by atoms with Crippen LogP contribution in [0, 0.1) is 0 Å². The van der Waals surface area contributed by atoms with Crippen LogP contribution in [0.25, 0.3) is 0 Å². The maximum atomic E-state index is 5.95. The van der Waals surface area contributed by atoms with Crippen LogP contribution < -0.4 is 4.90 Å². The quantitative estimate of drug-likeness (QED) is 0.651. The van der Waals surface area contributed by atoms with Crippen LogP contribution in [0.1, 0.15) is 6.42 Å². The number of hydrogen-bond donors (Lipinski definition) is 0. The summed E-state index contributed by atoms with van der Waals surface area (Å²) in [7, 11) is 2.14. The highest BCUT2D eigenvalue weighted by molar-refractivity contribution is 7.99.